The molecule has 152 valence electrons. The Kier molecular flexibility index (Phi) is 9.30. The summed E-state index contributed by atoms with van der Waals surface area (Å²) in [4.78, 5) is 24.5. The van der Waals surface area contributed by atoms with E-state index < -0.39 is 45.7 Å². The zero-order valence-electron chi connectivity index (χ0n) is 12.7. The minimum atomic E-state index is -5.26. The molecule has 0 amide bonds. The SMILES string of the molecule is COC(=O)c1c(I)c(I)c(I)c(I)c1C(=O)OC(CS(=O)(=O)O)C(F)(F)F. The molecule has 1 atom stereocenters. The maximum absolute atomic E-state index is 13.0. The molecule has 0 fully saturated rings. The quantitative estimate of drug-likeness (QED) is 0.158. The van der Waals surface area contributed by atoms with E-state index in [1.807, 2.05) is 45.2 Å². The average molecular weight is 860 g/mol. The second-order valence-corrected chi connectivity index (χ2v) is 10.5. The van der Waals surface area contributed by atoms with Crippen LogP contribution in [-0.2, 0) is 19.6 Å². The van der Waals surface area contributed by atoms with Gasteiger partial charge in [-0.1, -0.05) is 0 Å². The number of benzene rings is 1. The van der Waals surface area contributed by atoms with Crippen molar-refractivity contribution in [2.24, 2.45) is 0 Å². The van der Waals surface area contributed by atoms with Crippen LogP contribution in [0.3, 0.4) is 0 Å². The number of hydrogen-bond acceptors (Lipinski definition) is 6. The normalized spacial score (nSPS) is 13.2. The topological polar surface area (TPSA) is 107 Å². The molecular weight excluding hydrogens is 853 g/mol. The lowest BCUT2D eigenvalue weighted by molar-refractivity contribution is -0.197. The van der Waals surface area contributed by atoms with Crippen molar-refractivity contribution < 1.29 is 45.2 Å². The summed E-state index contributed by atoms with van der Waals surface area (Å²) < 4.78 is 79.8. The fraction of sp³-hybridized carbons (Fsp3) is 0.333. The monoisotopic (exact) mass is 860 g/mol. The van der Waals surface area contributed by atoms with E-state index >= 15 is 0 Å². The molecule has 1 N–H and O–H groups in total. The fourth-order valence-electron chi connectivity index (χ4n) is 1.69. The highest BCUT2D eigenvalue weighted by Crippen LogP contribution is 2.35. The first-order chi connectivity index (χ1) is 12.1. The summed E-state index contributed by atoms with van der Waals surface area (Å²) in [6, 6.07) is 0. The van der Waals surface area contributed by atoms with E-state index in [1.54, 1.807) is 45.2 Å². The molecule has 0 saturated carbocycles. The molecule has 1 unspecified atom stereocenters. The van der Waals surface area contributed by atoms with E-state index in [1.165, 1.54) is 0 Å². The van der Waals surface area contributed by atoms with Crippen LogP contribution in [-0.4, -0.2) is 50.1 Å². The van der Waals surface area contributed by atoms with Crippen LogP contribution in [0.2, 0.25) is 0 Å². The number of esters is 2. The number of carbonyl (C=O) groups excluding carboxylic acids is 2. The molecule has 1 aromatic rings. The maximum Gasteiger partial charge on any atom is 0.426 e. The van der Waals surface area contributed by atoms with Gasteiger partial charge in [-0.15, -0.1) is 0 Å². The molecule has 0 aliphatic heterocycles. The predicted octanol–water partition coefficient (Wildman–Crippen LogP) is 3.87. The van der Waals surface area contributed by atoms with E-state index in [0.29, 0.717) is 7.14 Å². The van der Waals surface area contributed by atoms with Crippen molar-refractivity contribution in [2.75, 3.05) is 12.9 Å². The number of hydrogen-bond donors (Lipinski definition) is 1. The molecule has 0 aromatic heterocycles. The van der Waals surface area contributed by atoms with Crippen molar-refractivity contribution >= 4 is 112 Å². The second-order valence-electron chi connectivity index (χ2n) is 4.68. The second kappa shape index (κ2) is 9.73. The van der Waals surface area contributed by atoms with Crippen molar-refractivity contribution in [1.82, 2.24) is 0 Å². The third kappa shape index (κ3) is 6.64. The highest BCUT2D eigenvalue weighted by Gasteiger charge is 2.46. The summed E-state index contributed by atoms with van der Waals surface area (Å²) in [5, 5.41) is 0. The molecule has 0 bridgehead atoms. The van der Waals surface area contributed by atoms with Gasteiger partial charge in [-0.2, -0.15) is 21.6 Å². The summed E-state index contributed by atoms with van der Waals surface area (Å²) in [7, 11) is -4.06. The maximum atomic E-state index is 13.0. The first kappa shape index (κ1) is 25.8. The zero-order chi connectivity index (χ0) is 21.3. The Morgan fingerprint density at radius 2 is 1.41 bits per heavy atom. The Hall–Kier alpha value is 0.780. The van der Waals surface area contributed by atoms with Crippen LogP contribution in [0.4, 0.5) is 13.2 Å². The molecule has 1 rings (SSSR count). The minimum absolute atomic E-state index is 0.135. The van der Waals surface area contributed by atoms with Crippen LogP contribution in [0, 0.1) is 14.3 Å². The number of halogens is 7. The van der Waals surface area contributed by atoms with Crippen molar-refractivity contribution in [1.29, 1.82) is 0 Å². The van der Waals surface area contributed by atoms with Gasteiger partial charge in [0.1, 0.15) is 5.75 Å². The van der Waals surface area contributed by atoms with Gasteiger partial charge in [0.05, 0.1) is 18.2 Å². The van der Waals surface area contributed by atoms with Gasteiger partial charge >= 0.3 is 18.1 Å². The van der Waals surface area contributed by atoms with E-state index in [-0.39, 0.29) is 12.7 Å². The van der Waals surface area contributed by atoms with Gasteiger partial charge in [0.25, 0.3) is 10.1 Å². The lowest BCUT2D eigenvalue weighted by Crippen LogP contribution is -2.40. The van der Waals surface area contributed by atoms with Crippen molar-refractivity contribution in [3.8, 4) is 0 Å². The molecule has 0 saturated heterocycles. The van der Waals surface area contributed by atoms with Gasteiger partial charge in [0.2, 0.25) is 6.10 Å². The Morgan fingerprint density at radius 3 is 1.74 bits per heavy atom. The van der Waals surface area contributed by atoms with Gasteiger partial charge < -0.3 is 9.47 Å². The molecule has 1 aromatic carbocycles. The summed E-state index contributed by atoms with van der Waals surface area (Å²) in [5.41, 5.74) is -0.786. The van der Waals surface area contributed by atoms with Crippen molar-refractivity contribution in [3.05, 3.63) is 25.4 Å². The van der Waals surface area contributed by atoms with Gasteiger partial charge in [-0.05, 0) is 90.4 Å². The number of rotatable bonds is 5. The number of ether oxygens (including phenoxy) is 2. The molecule has 0 aliphatic rings. The summed E-state index contributed by atoms with van der Waals surface area (Å²) in [6.45, 7) is 0. The third-order valence-electron chi connectivity index (χ3n) is 2.84. The van der Waals surface area contributed by atoms with Gasteiger partial charge in [-0.25, -0.2) is 9.59 Å². The van der Waals surface area contributed by atoms with Gasteiger partial charge in [-0.3, -0.25) is 4.55 Å². The highest BCUT2D eigenvalue weighted by atomic mass is 127. The lowest BCUT2D eigenvalue weighted by Gasteiger charge is -2.21. The van der Waals surface area contributed by atoms with Gasteiger partial charge in [0, 0.05) is 14.3 Å². The van der Waals surface area contributed by atoms with Crippen LogP contribution in [0.1, 0.15) is 20.7 Å². The largest absolute Gasteiger partial charge is 0.465 e. The Labute approximate surface area is 205 Å². The Balaban J connectivity index is 3.55. The molecule has 27 heavy (non-hydrogen) atoms. The van der Waals surface area contributed by atoms with Crippen molar-refractivity contribution in [2.45, 2.75) is 12.3 Å². The Bertz CT molecular complexity index is 886. The fourth-order valence-corrected chi connectivity index (χ4v) is 5.96. The van der Waals surface area contributed by atoms with Crippen LogP contribution < -0.4 is 0 Å². The highest BCUT2D eigenvalue weighted by molar-refractivity contribution is 14.1. The standard InChI is InChI=1S/C12H7F3I4O7S/c1-25-10(20)4-5(7(17)9(19)8(18)6(4)16)11(21)26-3(12(13,14)15)2-27(22,23)24/h3H,2H2,1H3,(H,22,23,24). The van der Waals surface area contributed by atoms with E-state index in [4.69, 9.17) is 4.55 Å². The predicted molar refractivity (Wildman–Crippen MR) is 120 cm³/mol. The van der Waals surface area contributed by atoms with E-state index in [0.717, 1.165) is 7.11 Å². The molecule has 15 heteroatoms. The summed E-state index contributed by atoms with van der Waals surface area (Å²) >= 11 is 7.13. The summed E-state index contributed by atoms with van der Waals surface area (Å²) in [5.74, 6) is -4.42. The van der Waals surface area contributed by atoms with Crippen molar-refractivity contribution in [3.63, 3.8) is 0 Å². The zero-order valence-corrected chi connectivity index (χ0v) is 22.2. The lowest BCUT2D eigenvalue weighted by atomic mass is 10.1. The molecule has 7 nitrogen and oxygen atoms in total. The molecular formula is C12H7F3I4O7S. The van der Waals surface area contributed by atoms with Gasteiger partial charge in [0.15, 0.2) is 0 Å². The van der Waals surface area contributed by atoms with E-state index in [9.17, 15) is 31.2 Å². The van der Waals surface area contributed by atoms with E-state index in [2.05, 4.69) is 9.47 Å². The smallest absolute Gasteiger partial charge is 0.426 e. The molecule has 0 radical (unpaired) electrons. The number of methoxy groups -OCH3 is 1. The Morgan fingerprint density at radius 1 is 1.00 bits per heavy atom. The number of alkyl halides is 3. The summed E-state index contributed by atoms with van der Waals surface area (Å²) in [6.07, 6.45) is -8.37. The minimum Gasteiger partial charge on any atom is -0.465 e. The van der Waals surface area contributed by atoms with Crippen LogP contribution >= 0.6 is 90.4 Å². The first-order valence-electron chi connectivity index (χ1n) is 6.28. The first-order valence-corrected chi connectivity index (χ1v) is 12.2. The average Bonchev–Trinajstić information content (AvgIpc) is 2.52. The van der Waals surface area contributed by atoms with Crippen LogP contribution in [0.5, 0.6) is 0 Å². The number of carbonyl (C=O) groups is 2. The molecule has 0 spiro atoms. The third-order valence-corrected chi connectivity index (χ3v) is 11.0. The van der Waals surface area contributed by atoms with Crippen LogP contribution in [0.15, 0.2) is 0 Å². The molecule has 0 heterocycles. The molecule has 0 aliphatic carbocycles. The van der Waals surface area contributed by atoms with Crippen LogP contribution in [0.25, 0.3) is 0 Å².